The Balaban J connectivity index is 1.45. The van der Waals surface area contributed by atoms with E-state index in [0.717, 1.165) is 10.9 Å². The number of ether oxygens (including phenoxy) is 3. The molecule has 176 valence electrons. The third-order valence-corrected chi connectivity index (χ3v) is 7.64. The predicted molar refractivity (Wildman–Crippen MR) is 124 cm³/mol. The van der Waals surface area contributed by atoms with Crippen LogP contribution in [-0.2, 0) is 19.6 Å². The van der Waals surface area contributed by atoms with E-state index in [1.807, 2.05) is 44.3 Å². The van der Waals surface area contributed by atoms with Gasteiger partial charge in [-0.1, -0.05) is 6.07 Å². The molecule has 0 amide bonds. The van der Waals surface area contributed by atoms with E-state index in [-0.39, 0.29) is 23.8 Å². The Labute approximate surface area is 193 Å². The molecule has 0 spiro atoms. The van der Waals surface area contributed by atoms with Crippen molar-refractivity contribution in [3.8, 4) is 11.5 Å². The van der Waals surface area contributed by atoms with E-state index in [1.165, 1.54) is 0 Å². The third-order valence-electron chi connectivity index (χ3n) is 5.72. The van der Waals surface area contributed by atoms with Crippen LogP contribution < -0.4 is 9.47 Å². The molecule has 2 heterocycles. The SMILES string of the molecule is CC(C)Oc1ccc(S(=O)(=O)N2CCC(n3ccc4c(OCOC=O)cccc43)CC2)cc1. The van der Waals surface area contributed by atoms with Gasteiger partial charge in [0.05, 0.1) is 16.5 Å². The highest BCUT2D eigenvalue weighted by Crippen LogP contribution is 2.33. The summed E-state index contributed by atoms with van der Waals surface area (Å²) in [4.78, 5) is 10.6. The minimum Gasteiger partial charge on any atom is -0.491 e. The minimum absolute atomic E-state index is 0.0311. The number of hydrogen-bond donors (Lipinski definition) is 0. The number of sulfonamides is 1. The second kappa shape index (κ2) is 9.84. The van der Waals surface area contributed by atoms with Gasteiger partial charge in [-0.25, -0.2) is 8.42 Å². The van der Waals surface area contributed by atoms with Gasteiger partial charge in [-0.15, -0.1) is 0 Å². The van der Waals surface area contributed by atoms with E-state index in [1.54, 1.807) is 28.6 Å². The third kappa shape index (κ3) is 4.99. The maximum absolute atomic E-state index is 13.1. The maximum Gasteiger partial charge on any atom is 0.295 e. The number of carbonyl (C=O) groups is 1. The van der Waals surface area contributed by atoms with Crippen LogP contribution in [0.15, 0.2) is 59.6 Å². The van der Waals surface area contributed by atoms with Crippen molar-refractivity contribution in [1.82, 2.24) is 8.87 Å². The topological polar surface area (TPSA) is 87.1 Å². The van der Waals surface area contributed by atoms with Crippen LogP contribution in [-0.4, -0.2) is 49.7 Å². The second-order valence-electron chi connectivity index (χ2n) is 8.21. The lowest BCUT2D eigenvalue weighted by Gasteiger charge is -2.32. The lowest BCUT2D eigenvalue weighted by Crippen LogP contribution is -2.38. The summed E-state index contributed by atoms with van der Waals surface area (Å²) < 4.78 is 45.8. The molecule has 0 unspecified atom stereocenters. The van der Waals surface area contributed by atoms with Crippen LogP contribution in [0.4, 0.5) is 0 Å². The van der Waals surface area contributed by atoms with Crippen LogP contribution in [0.2, 0.25) is 0 Å². The van der Waals surface area contributed by atoms with Crippen LogP contribution in [0.1, 0.15) is 32.7 Å². The van der Waals surface area contributed by atoms with Crippen molar-refractivity contribution in [2.75, 3.05) is 19.9 Å². The molecule has 1 saturated heterocycles. The van der Waals surface area contributed by atoms with Crippen LogP contribution in [0.25, 0.3) is 10.9 Å². The summed E-state index contributed by atoms with van der Waals surface area (Å²) in [6.45, 7) is 4.95. The molecule has 9 heteroatoms. The Morgan fingerprint density at radius 2 is 1.79 bits per heavy atom. The normalized spacial score (nSPS) is 15.6. The molecule has 3 aromatic rings. The molecule has 0 N–H and O–H groups in total. The molecule has 1 aromatic heterocycles. The molecular formula is C24H28N2O6S. The highest BCUT2D eigenvalue weighted by molar-refractivity contribution is 7.89. The molecule has 0 atom stereocenters. The zero-order valence-electron chi connectivity index (χ0n) is 18.7. The van der Waals surface area contributed by atoms with Gasteiger partial charge < -0.3 is 18.8 Å². The fourth-order valence-corrected chi connectivity index (χ4v) is 5.67. The Hall–Kier alpha value is -3.04. The number of aromatic nitrogens is 1. The number of benzene rings is 2. The summed E-state index contributed by atoms with van der Waals surface area (Å²) >= 11 is 0. The molecule has 8 nitrogen and oxygen atoms in total. The van der Waals surface area contributed by atoms with Gasteiger partial charge in [0.25, 0.3) is 6.47 Å². The van der Waals surface area contributed by atoms with Gasteiger partial charge in [0.2, 0.25) is 16.8 Å². The van der Waals surface area contributed by atoms with Crippen molar-refractivity contribution in [3.63, 3.8) is 0 Å². The summed E-state index contributed by atoms with van der Waals surface area (Å²) in [6, 6.07) is 14.5. The van der Waals surface area contributed by atoms with Gasteiger partial charge in [0.1, 0.15) is 11.5 Å². The summed E-state index contributed by atoms with van der Waals surface area (Å²) in [5.41, 5.74) is 1.00. The number of hydrogen-bond acceptors (Lipinski definition) is 6. The van der Waals surface area contributed by atoms with Crippen molar-refractivity contribution in [1.29, 1.82) is 0 Å². The van der Waals surface area contributed by atoms with E-state index in [4.69, 9.17) is 9.47 Å². The average molecular weight is 473 g/mol. The maximum atomic E-state index is 13.1. The first-order valence-corrected chi connectivity index (χ1v) is 12.4. The zero-order valence-corrected chi connectivity index (χ0v) is 19.5. The van der Waals surface area contributed by atoms with Gasteiger partial charge in [0, 0.05) is 30.7 Å². The summed E-state index contributed by atoms with van der Waals surface area (Å²) in [7, 11) is -3.56. The van der Waals surface area contributed by atoms with Crippen molar-refractivity contribution in [2.45, 2.75) is 43.7 Å². The van der Waals surface area contributed by atoms with Crippen molar-refractivity contribution >= 4 is 27.4 Å². The molecule has 33 heavy (non-hydrogen) atoms. The predicted octanol–water partition coefficient (Wildman–Crippen LogP) is 3.96. The molecule has 1 aliphatic rings. The van der Waals surface area contributed by atoms with Gasteiger partial charge >= 0.3 is 0 Å². The molecule has 1 aliphatic heterocycles. The van der Waals surface area contributed by atoms with Crippen LogP contribution in [0.5, 0.6) is 11.5 Å². The molecule has 2 aromatic carbocycles. The lowest BCUT2D eigenvalue weighted by atomic mass is 10.1. The Bertz CT molecular complexity index is 1200. The van der Waals surface area contributed by atoms with E-state index in [2.05, 4.69) is 9.30 Å². The van der Waals surface area contributed by atoms with Crippen LogP contribution in [0.3, 0.4) is 0 Å². The first-order valence-electron chi connectivity index (χ1n) is 10.9. The van der Waals surface area contributed by atoms with E-state index in [9.17, 15) is 13.2 Å². The summed E-state index contributed by atoms with van der Waals surface area (Å²) in [5.74, 6) is 1.29. The minimum atomic E-state index is -3.56. The van der Waals surface area contributed by atoms with Gasteiger partial charge in [-0.2, -0.15) is 4.31 Å². The quantitative estimate of drug-likeness (QED) is 0.266. The second-order valence-corrected chi connectivity index (χ2v) is 10.1. The molecule has 4 rings (SSSR count). The smallest absolute Gasteiger partial charge is 0.295 e. The first-order chi connectivity index (χ1) is 15.9. The first kappa shape index (κ1) is 23.1. The highest BCUT2D eigenvalue weighted by atomic mass is 32.2. The average Bonchev–Trinajstić information content (AvgIpc) is 3.24. The van der Waals surface area contributed by atoms with Gasteiger partial charge in [-0.3, -0.25) is 4.79 Å². The number of piperidine rings is 1. The molecule has 0 saturated carbocycles. The molecule has 0 aliphatic carbocycles. The molecular weight excluding hydrogens is 444 g/mol. The van der Waals surface area contributed by atoms with E-state index >= 15 is 0 Å². The Morgan fingerprint density at radius 1 is 1.06 bits per heavy atom. The van der Waals surface area contributed by atoms with Gasteiger partial charge in [0.15, 0.2) is 0 Å². The highest BCUT2D eigenvalue weighted by Gasteiger charge is 2.30. The van der Waals surface area contributed by atoms with Crippen molar-refractivity contribution in [2.24, 2.45) is 0 Å². The van der Waals surface area contributed by atoms with E-state index in [0.29, 0.717) is 43.9 Å². The summed E-state index contributed by atoms with van der Waals surface area (Å²) in [5, 5.41) is 0.922. The monoisotopic (exact) mass is 472 g/mol. The lowest BCUT2D eigenvalue weighted by molar-refractivity contribution is -0.134. The van der Waals surface area contributed by atoms with Gasteiger partial charge in [-0.05, 0) is 69.2 Å². The molecule has 0 bridgehead atoms. The number of carbonyl (C=O) groups excluding carboxylic acids is 1. The molecule has 0 radical (unpaired) electrons. The van der Waals surface area contributed by atoms with Crippen molar-refractivity contribution in [3.05, 3.63) is 54.7 Å². The molecule has 1 fully saturated rings. The van der Waals surface area contributed by atoms with Crippen LogP contribution in [0, 0.1) is 0 Å². The number of rotatable bonds is 9. The summed E-state index contributed by atoms with van der Waals surface area (Å²) in [6.07, 6.45) is 3.44. The number of nitrogens with zero attached hydrogens (tertiary/aromatic N) is 2. The standard InChI is InChI=1S/C24H28N2O6S/c1-18(2)32-20-6-8-21(9-7-20)33(28,29)25-13-10-19(11-14-25)26-15-12-22-23(26)4-3-5-24(22)31-17-30-16-27/h3-9,12,15-16,18-19H,10-11,13-14,17H2,1-2H3. The Morgan fingerprint density at radius 3 is 2.45 bits per heavy atom. The van der Waals surface area contributed by atoms with Crippen LogP contribution >= 0.6 is 0 Å². The number of fused-ring (bicyclic) bond motifs is 1. The fraction of sp³-hybridized carbons (Fsp3) is 0.375. The largest absolute Gasteiger partial charge is 0.491 e. The Kier molecular flexibility index (Phi) is 6.90. The van der Waals surface area contributed by atoms with E-state index < -0.39 is 10.0 Å². The van der Waals surface area contributed by atoms with Crippen molar-refractivity contribution < 1.29 is 27.4 Å². The zero-order chi connectivity index (χ0) is 23.4. The fourth-order valence-electron chi connectivity index (χ4n) is 4.20.